The van der Waals surface area contributed by atoms with Crippen LogP contribution in [0.4, 0.5) is 10.6 Å². The number of aromatic nitrogens is 2. The van der Waals surface area contributed by atoms with Gasteiger partial charge in [-0.05, 0) is 26.8 Å². The van der Waals surface area contributed by atoms with Crippen LogP contribution in [-0.4, -0.2) is 28.9 Å². The molecule has 2 rings (SSSR count). The third-order valence-corrected chi connectivity index (χ3v) is 2.23. The minimum atomic E-state index is -0.514. The average molecular weight is 245 g/mol. The molecule has 2 aromatic rings. The lowest BCUT2D eigenvalue weighted by Crippen LogP contribution is -2.27. The smallest absolute Gasteiger partial charge is 0.413 e. The maximum atomic E-state index is 11.6. The second kappa shape index (κ2) is 4.36. The van der Waals surface area contributed by atoms with E-state index in [9.17, 15) is 4.79 Å². The molecule has 0 radical (unpaired) electrons. The van der Waals surface area contributed by atoms with E-state index in [-0.39, 0.29) is 0 Å². The molecule has 0 aliphatic heterocycles. The highest BCUT2D eigenvalue weighted by Crippen LogP contribution is 2.11. The van der Waals surface area contributed by atoms with Crippen LogP contribution in [0.2, 0.25) is 0 Å². The quantitative estimate of drug-likeness (QED) is 0.760. The predicted molar refractivity (Wildman–Crippen MR) is 73.2 cm³/mol. The molecule has 5 nitrogen and oxygen atoms in total. The number of anilines is 1. The number of amides is 1. The topological polar surface area (TPSA) is 55.6 Å². The lowest BCUT2D eigenvalue weighted by atomic mass is 9.99. The number of rotatable bonds is 1. The Hall–Kier alpha value is -1.98. The number of carbonyl (C=O) groups is 1. The van der Waals surface area contributed by atoms with Gasteiger partial charge in [-0.15, -0.1) is 0 Å². The maximum Gasteiger partial charge on any atom is 0.413 e. The molecule has 0 aromatic carbocycles. The summed E-state index contributed by atoms with van der Waals surface area (Å²) in [5.41, 5.74) is 1.40. The Morgan fingerprint density at radius 3 is 2.78 bits per heavy atom. The number of fused-ring (bicyclic) bond motifs is 1. The summed E-state index contributed by atoms with van der Waals surface area (Å²) in [6, 6.07) is 3.87. The van der Waals surface area contributed by atoms with Gasteiger partial charge < -0.3 is 9.14 Å². The van der Waals surface area contributed by atoms with Crippen LogP contribution in [0.15, 0.2) is 24.5 Å². The Balaban J connectivity index is 2.15. The summed E-state index contributed by atoms with van der Waals surface area (Å²) in [5, 5.41) is 2.61. The number of pyridine rings is 1. The number of hydrogen-bond acceptors (Lipinski definition) is 3. The number of carbonyl (C=O) groups excluding carboxylic acids is 1. The zero-order valence-electron chi connectivity index (χ0n) is 11.0. The van der Waals surface area contributed by atoms with Crippen LogP contribution in [0.1, 0.15) is 20.8 Å². The van der Waals surface area contributed by atoms with Crippen molar-refractivity contribution in [2.75, 3.05) is 5.32 Å². The Kier molecular flexibility index (Phi) is 3.03. The van der Waals surface area contributed by atoms with Crippen molar-refractivity contribution < 1.29 is 9.53 Å². The van der Waals surface area contributed by atoms with Crippen molar-refractivity contribution in [1.29, 1.82) is 0 Å². The highest BCUT2D eigenvalue weighted by molar-refractivity contribution is 6.32. The SMILES string of the molecule is Bc1ccc2nc(NC(=O)OC(C)(C)C)cn2c1. The summed E-state index contributed by atoms with van der Waals surface area (Å²) < 4.78 is 7.03. The zero-order chi connectivity index (χ0) is 13.3. The van der Waals surface area contributed by atoms with Gasteiger partial charge in [0.2, 0.25) is 0 Å². The summed E-state index contributed by atoms with van der Waals surface area (Å²) in [7, 11) is 2.00. The molecular formula is C12H16BN3O2. The summed E-state index contributed by atoms with van der Waals surface area (Å²) in [4.78, 5) is 15.9. The fourth-order valence-corrected chi connectivity index (χ4v) is 1.57. The predicted octanol–water partition coefficient (Wildman–Crippen LogP) is 0.940. The van der Waals surface area contributed by atoms with Crippen molar-refractivity contribution in [1.82, 2.24) is 9.38 Å². The van der Waals surface area contributed by atoms with Gasteiger partial charge in [0.05, 0.1) is 6.20 Å². The highest BCUT2D eigenvalue weighted by Gasteiger charge is 2.17. The van der Waals surface area contributed by atoms with Crippen LogP contribution in [0, 0.1) is 0 Å². The number of nitrogens with one attached hydrogen (secondary N) is 1. The van der Waals surface area contributed by atoms with Crippen molar-refractivity contribution >= 4 is 30.9 Å². The third-order valence-electron chi connectivity index (χ3n) is 2.23. The van der Waals surface area contributed by atoms with E-state index in [2.05, 4.69) is 10.3 Å². The van der Waals surface area contributed by atoms with E-state index in [0.29, 0.717) is 5.82 Å². The van der Waals surface area contributed by atoms with Crippen molar-refractivity contribution in [2.24, 2.45) is 0 Å². The summed E-state index contributed by atoms with van der Waals surface area (Å²) >= 11 is 0. The van der Waals surface area contributed by atoms with Gasteiger partial charge in [0.1, 0.15) is 19.1 Å². The molecule has 0 saturated carbocycles. The van der Waals surface area contributed by atoms with Gasteiger partial charge in [-0.3, -0.25) is 5.32 Å². The number of nitrogens with zero attached hydrogens (tertiary/aromatic N) is 2. The van der Waals surface area contributed by atoms with Crippen LogP contribution in [-0.2, 0) is 4.74 Å². The maximum absolute atomic E-state index is 11.6. The monoisotopic (exact) mass is 245 g/mol. The average Bonchev–Trinajstić information content (AvgIpc) is 2.55. The first-order chi connectivity index (χ1) is 8.33. The van der Waals surface area contributed by atoms with E-state index in [1.807, 2.05) is 51.3 Å². The molecule has 0 unspecified atom stereocenters. The first kappa shape index (κ1) is 12.5. The van der Waals surface area contributed by atoms with Crippen molar-refractivity contribution in [3.8, 4) is 0 Å². The fraction of sp³-hybridized carbons (Fsp3) is 0.333. The Morgan fingerprint density at radius 2 is 2.11 bits per heavy atom. The molecule has 0 aliphatic carbocycles. The molecule has 94 valence electrons. The van der Waals surface area contributed by atoms with E-state index in [1.165, 1.54) is 0 Å². The van der Waals surface area contributed by atoms with Gasteiger partial charge in [0, 0.05) is 6.20 Å². The molecule has 18 heavy (non-hydrogen) atoms. The first-order valence-corrected chi connectivity index (χ1v) is 5.79. The van der Waals surface area contributed by atoms with Crippen LogP contribution in [0.25, 0.3) is 5.65 Å². The van der Waals surface area contributed by atoms with E-state index < -0.39 is 11.7 Å². The molecule has 0 saturated heterocycles. The van der Waals surface area contributed by atoms with E-state index >= 15 is 0 Å². The van der Waals surface area contributed by atoms with Gasteiger partial charge in [-0.1, -0.05) is 11.5 Å². The van der Waals surface area contributed by atoms with Crippen molar-refractivity contribution in [3.63, 3.8) is 0 Å². The number of hydrogen-bond donors (Lipinski definition) is 1. The molecule has 1 amide bonds. The molecule has 1 N–H and O–H groups in total. The van der Waals surface area contributed by atoms with Gasteiger partial charge in [-0.2, -0.15) is 0 Å². The Labute approximate surface area is 107 Å². The zero-order valence-corrected chi connectivity index (χ0v) is 11.0. The minimum absolute atomic E-state index is 0.481. The van der Waals surface area contributed by atoms with Crippen molar-refractivity contribution in [2.45, 2.75) is 26.4 Å². The third kappa shape index (κ3) is 3.03. The highest BCUT2D eigenvalue weighted by atomic mass is 16.6. The summed E-state index contributed by atoms with van der Waals surface area (Å²) in [6.07, 6.45) is 3.21. The lowest BCUT2D eigenvalue weighted by Gasteiger charge is -2.18. The summed E-state index contributed by atoms with van der Waals surface area (Å²) in [6.45, 7) is 5.46. The second-order valence-electron chi connectivity index (χ2n) is 5.22. The number of imidazole rings is 1. The molecule has 0 spiro atoms. The lowest BCUT2D eigenvalue weighted by molar-refractivity contribution is 0.0635. The standard InChI is InChI=1S/C12H16BN3O2/c1-12(2,3)18-11(17)15-9-7-16-6-8(13)4-5-10(16)14-9/h4-7H,13H2,1-3H3,(H,15,17). The minimum Gasteiger partial charge on any atom is -0.444 e. The van der Waals surface area contributed by atoms with Gasteiger partial charge in [0.15, 0.2) is 5.82 Å². The van der Waals surface area contributed by atoms with E-state index in [4.69, 9.17) is 4.74 Å². The largest absolute Gasteiger partial charge is 0.444 e. The second-order valence-corrected chi connectivity index (χ2v) is 5.22. The molecule has 0 bridgehead atoms. The Morgan fingerprint density at radius 1 is 1.39 bits per heavy atom. The fourth-order valence-electron chi connectivity index (χ4n) is 1.57. The normalized spacial score (nSPS) is 11.5. The van der Waals surface area contributed by atoms with E-state index in [1.54, 1.807) is 6.20 Å². The molecule has 6 heteroatoms. The van der Waals surface area contributed by atoms with Crippen LogP contribution >= 0.6 is 0 Å². The molecule has 2 heterocycles. The molecule has 0 aliphatic rings. The molecule has 0 atom stereocenters. The van der Waals surface area contributed by atoms with Gasteiger partial charge in [0.25, 0.3) is 0 Å². The van der Waals surface area contributed by atoms with Gasteiger partial charge >= 0.3 is 6.09 Å². The Bertz CT molecular complexity index is 587. The number of ether oxygens (including phenoxy) is 1. The molecule has 2 aromatic heterocycles. The van der Waals surface area contributed by atoms with E-state index in [0.717, 1.165) is 11.1 Å². The van der Waals surface area contributed by atoms with Crippen LogP contribution in [0.5, 0.6) is 0 Å². The molecular weight excluding hydrogens is 229 g/mol. The van der Waals surface area contributed by atoms with Crippen LogP contribution in [0.3, 0.4) is 0 Å². The molecule has 0 fully saturated rings. The van der Waals surface area contributed by atoms with Crippen LogP contribution < -0.4 is 10.8 Å². The summed E-state index contributed by atoms with van der Waals surface area (Å²) in [5.74, 6) is 0.481. The van der Waals surface area contributed by atoms with Crippen molar-refractivity contribution in [3.05, 3.63) is 24.5 Å². The first-order valence-electron chi connectivity index (χ1n) is 5.79. The van der Waals surface area contributed by atoms with Gasteiger partial charge in [-0.25, -0.2) is 9.78 Å².